The Balaban J connectivity index is 1.71. The number of ether oxygens (including phenoxy) is 1. The number of anilines is 1. The molecule has 1 aromatic carbocycles. The Bertz CT molecular complexity index is 1000. The van der Waals surface area contributed by atoms with Crippen LogP contribution in [0, 0.1) is 6.92 Å². The molecule has 0 saturated carbocycles. The Morgan fingerprint density at radius 2 is 2.00 bits per heavy atom. The van der Waals surface area contributed by atoms with Crippen LogP contribution in [0.3, 0.4) is 0 Å². The number of nitrogens with one attached hydrogen (secondary N) is 1. The number of pyridine rings is 1. The lowest BCUT2D eigenvalue weighted by Gasteiger charge is -2.09. The van der Waals surface area contributed by atoms with E-state index in [1.807, 2.05) is 30.3 Å². The average Bonchev–Trinajstić information content (AvgIpc) is 3.12. The average molecular weight is 399 g/mol. The summed E-state index contributed by atoms with van der Waals surface area (Å²) in [6, 6.07) is 12.2. The third-order valence-electron chi connectivity index (χ3n) is 3.49. The number of amides is 1. The number of carbonyl (C=O) groups is 2. The number of tetrazole rings is 1. The van der Waals surface area contributed by atoms with Crippen LogP contribution in [0.2, 0.25) is 5.02 Å². The normalized spacial score (nSPS) is 11.1. The molecule has 0 aliphatic rings. The smallest absolute Gasteiger partial charge is 0.357 e. The van der Waals surface area contributed by atoms with Crippen LogP contribution in [-0.2, 0) is 14.3 Å². The van der Waals surface area contributed by atoms with E-state index >= 15 is 0 Å². The third kappa shape index (κ3) is 4.98. The van der Waals surface area contributed by atoms with Crippen molar-refractivity contribution in [1.29, 1.82) is 0 Å². The number of rotatable bonds is 6. The van der Waals surface area contributed by atoms with Crippen LogP contribution in [0.15, 0.2) is 48.7 Å². The van der Waals surface area contributed by atoms with Crippen molar-refractivity contribution in [2.24, 2.45) is 0 Å². The third-order valence-corrected chi connectivity index (χ3v) is 3.72. The summed E-state index contributed by atoms with van der Waals surface area (Å²) >= 11 is 5.74. The van der Waals surface area contributed by atoms with E-state index in [2.05, 4.69) is 25.8 Å². The van der Waals surface area contributed by atoms with Crippen molar-refractivity contribution in [3.05, 3.63) is 65.1 Å². The number of benzene rings is 1. The Morgan fingerprint density at radius 3 is 2.64 bits per heavy atom. The number of hydrogen-bond acceptors (Lipinski definition) is 7. The molecule has 3 aromatic rings. The largest absolute Gasteiger partial charge is 0.451 e. The van der Waals surface area contributed by atoms with Gasteiger partial charge in [-0.25, -0.2) is 9.78 Å². The molecule has 28 heavy (non-hydrogen) atoms. The van der Waals surface area contributed by atoms with E-state index in [-0.39, 0.29) is 5.70 Å². The second-order valence-electron chi connectivity index (χ2n) is 5.56. The number of hydrogen-bond donors (Lipinski definition) is 1. The molecule has 1 N–H and O–H groups in total. The molecule has 0 aliphatic carbocycles. The van der Waals surface area contributed by atoms with Crippen LogP contribution in [0.25, 0.3) is 11.8 Å². The Hall–Kier alpha value is -3.59. The molecule has 0 saturated heterocycles. The molecular formula is C18H15ClN6O3. The Labute approximate surface area is 165 Å². The predicted molar refractivity (Wildman–Crippen MR) is 102 cm³/mol. The van der Waals surface area contributed by atoms with Crippen molar-refractivity contribution in [2.75, 3.05) is 11.9 Å². The quantitative estimate of drug-likeness (QED) is 0.500. The van der Waals surface area contributed by atoms with E-state index in [0.717, 1.165) is 5.56 Å². The molecule has 0 spiro atoms. The number of nitrogens with zero attached hydrogens (tertiary/aromatic N) is 5. The Morgan fingerprint density at radius 1 is 1.21 bits per heavy atom. The summed E-state index contributed by atoms with van der Waals surface area (Å²) in [7, 11) is 0. The highest BCUT2D eigenvalue weighted by Gasteiger charge is 2.19. The van der Waals surface area contributed by atoms with Gasteiger partial charge in [0.1, 0.15) is 5.82 Å². The van der Waals surface area contributed by atoms with Gasteiger partial charge in [0.05, 0.1) is 5.02 Å². The van der Waals surface area contributed by atoms with Crippen molar-refractivity contribution < 1.29 is 14.3 Å². The van der Waals surface area contributed by atoms with Crippen molar-refractivity contribution in [3.63, 3.8) is 0 Å². The summed E-state index contributed by atoms with van der Waals surface area (Å²) in [6.45, 7) is 1.14. The molecule has 2 heterocycles. The van der Waals surface area contributed by atoms with Crippen molar-refractivity contribution in [3.8, 4) is 0 Å². The van der Waals surface area contributed by atoms with Crippen LogP contribution >= 0.6 is 11.6 Å². The fraction of sp³-hybridized carbons (Fsp3) is 0.111. The number of halogens is 1. The number of aromatic nitrogens is 5. The van der Waals surface area contributed by atoms with E-state index in [4.69, 9.17) is 16.3 Å². The minimum Gasteiger partial charge on any atom is -0.451 e. The van der Waals surface area contributed by atoms with Gasteiger partial charge in [0.15, 0.2) is 18.1 Å². The summed E-state index contributed by atoms with van der Waals surface area (Å²) in [5.41, 5.74) is 0.824. The lowest BCUT2D eigenvalue weighted by atomic mass is 10.2. The monoisotopic (exact) mass is 398 g/mol. The maximum absolute atomic E-state index is 12.6. The minimum atomic E-state index is -0.751. The second kappa shape index (κ2) is 8.87. The molecule has 0 aliphatic heterocycles. The van der Waals surface area contributed by atoms with Gasteiger partial charge in [-0.2, -0.15) is 4.68 Å². The van der Waals surface area contributed by atoms with E-state index in [1.54, 1.807) is 19.1 Å². The minimum absolute atomic E-state index is 0.0751. The van der Waals surface area contributed by atoms with Crippen LogP contribution in [0.1, 0.15) is 11.4 Å². The van der Waals surface area contributed by atoms with Crippen molar-refractivity contribution >= 4 is 41.1 Å². The van der Waals surface area contributed by atoms with Gasteiger partial charge in [0.2, 0.25) is 0 Å². The molecule has 0 radical (unpaired) electrons. The maximum Gasteiger partial charge on any atom is 0.357 e. The molecule has 2 aromatic heterocycles. The number of esters is 1. The SMILES string of the molecule is Cc1nnnn1C(=Cc1ccccc1)C(=O)OCC(=O)Nc1ccc(Cl)cn1. The molecule has 142 valence electrons. The molecule has 3 rings (SSSR count). The van der Waals surface area contributed by atoms with Gasteiger partial charge in [0, 0.05) is 6.20 Å². The molecule has 0 unspecified atom stereocenters. The first-order valence-electron chi connectivity index (χ1n) is 8.13. The highest BCUT2D eigenvalue weighted by molar-refractivity contribution is 6.30. The lowest BCUT2D eigenvalue weighted by Crippen LogP contribution is -2.23. The first-order chi connectivity index (χ1) is 13.5. The highest BCUT2D eigenvalue weighted by Crippen LogP contribution is 2.14. The molecule has 9 nitrogen and oxygen atoms in total. The predicted octanol–water partition coefficient (Wildman–Crippen LogP) is 2.21. The summed E-state index contributed by atoms with van der Waals surface area (Å²) < 4.78 is 6.37. The zero-order chi connectivity index (χ0) is 19.9. The zero-order valence-corrected chi connectivity index (χ0v) is 15.5. The van der Waals surface area contributed by atoms with Gasteiger partial charge in [-0.05, 0) is 41.1 Å². The summed E-state index contributed by atoms with van der Waals surface area (Å²) in [5, 5.41) is 14.1. The molecule has 0 atom stereocenters. The number of carbonyl (C=O) groups excluding carboxylic acids is 2. The van der Waals surface area contributed by atoms with Gasteiger partial charge in [0.25, 0.3) is 5.91 Å². The maximum atomic E-state index is 12.6. The first-order valence-corrected chi connectivity index (χ1v) is 8.51. The summed E-state index contributed by atoms with van der Waals surface area (Å²) in [4.78, 5) is 28.5. The topological polar surface area (TPSA) is 112 Å². The first kappa shape index (κ1) is 19.2. The fourth-order valence-electron chi connectivity index (χ4n) is 2.20. The van der Waals surface area contributed by atoms with E-state index < -0.39 is 18.5 Å². The van der Waals surface area contributed by atoms with Crippen LogP contribution in [0.5, 0.6) is 0 Å². The van der Waals surface area contributed by atoms with Crippen LogP contribution < -0.4 is 5.32 Å². The van der Waals surface area contributed by atoms with Gasteiger partial charge < -0.3 is 10.1 Å². The van der Waals surface area contributed by atoms with Gasteiger partial charge in [-0.1, -0.05) is 41.9 Å². The molecule has 0 bridgehead atoms. The number of aryl methyl sites for hydroxylation is 1. The second-order valence-corrected chi connectivity index (χ2v) is 6.00. The molecular weight excluding hydrogens is 384 g/mol. The molecule has 0 fully saturated rings. The summed E-state index contributed by atoms with van der Waals surface area (Å²) in [6.07, 6.45) is 2.97. The fourth-order valence-corrected chi connectivity index (χ4v) is 2.31. The van der Waals surface area contributed by atoms with Gasteiger partial charge in [-0.3, -0.25) is 4.79 Å². The van der Waals surface area contributed by atoms with Gasteiger partial charge in [-0.15, -0.1) is 5.10 Å². The Kier molecular flexibility index (Phi) is 6.07. The van der Waals surface area contributed by atoms with Crippen LogP contribution in [0.4, 0.5) is 5.82 Å². The molecule has 10 heteroatoms. The standard InChI is InChI=1S/C18H15ClN6O3/c1-12-22-23-24-25(12)15(9-13-5-3-2-4-6-13)18(27)28-11-17(26)21-16-8-7-14(19)10-20-16/h2-10H,11H2,1H3,(H,20,21,26). The zero-order valence-electron chi connectivity index (χ0n) is 14.7. The van der Waals surface area contributed by atoms with Crippen molar-refractivity contribution in [1.82, 2.24) is 25.2 Å². The lowest BCUT2D eigenvalue weighted by molar-refractivity contribution is -0.141. The summed E-state index contributed by atoms with van der Waals surface area (Å²) in [5.74, 6) is -0.607. The molecule has 1 amide bonds. The van der Waals surface area contributed by atoms with Gasteiger partial charge >= 0.3 is 5.97 Å². The van der Waals surface area contributed by atoms with E-state index in [0.29, 0.717) is 16.7 Å². The van der Waals surface area contributed by atoms with Crippen molar-refractivity contribution in [2.45, 2.75) is 6.92 Å². The van der Waals surface area contributed by atoms with E-state index in [1.165, 1.54) is 16.9 Å². The highest BCUT2D eigenvalue weighted by atomic mass is 35.5. The van der Waals surface area contributed by atoms with Crippen LogP contribution in [-0.4, -0.2) is 43.7 Å². The van der Waals surface area contributed by atoms with E-state index in [9.17, 15) is 9.59 Å².